The highest BCUT2D eigenvalue weighted by Gasteiger charge is 1.96. The Labute approximate surface area is 121 Å². The van der Waals surface area contributed by atoms with Gasteiger partial charge in [0.2, 0.25) is 0 Å². The van der Waals surface area contributed by atoms with Gasteiger partial charge in [0.25, 0.3) is 0 Å². The van der Waals surface area contributed by atoms with Crippen molar-refractivity contribution in [2.24, 2.45) is 0 Å². The molecule has 0 saturated heterocycles. The molecule has 106 valence electrons. The zero-order chi connectivity index (χ0) is 14.5. The van der Waals surface area contributed by atoms with Gasteiger partial charge in [0.05, 0.1) is 0 Å². The monoisotopic (exact) mass is 270 g/mol. The first kappa shape index (κ1) is 16.0. The summed E-state index contributed by atoms with van der Waals surface area (Å²) in [5.74, 6) is -0.325. The Morgan fingerprint density at radius 2 is 1.85 bits per heavy atom. The molecule has 0 bridgehead atoms. The molecule has 0 unspecified atom stereocenters. The van der Waals surface area contributed by atoms with Crippen LogP contribution >= 0.6 is 0 Å². The molecule has 0 spiro atoms. The third-order valence-corrected chi connectivity index (χ3v) is 2.65. The van der Waals surface area contributed by atoms with Crippen molar-refractivity contribution in [2.45, 2.75) is 32.8 Å². The number of esters is 1. The molecule has 1 aromatic carbocycles. The molecule has 0 N–H and O–H groups in total. The molecule has 0 atom stereocenters. The minimum absolute atomic E-state index is 0.310. The van der Waals surface area contributed by atoms with Crippen LogP contribution in [0.15, 0.2) is 66.8 Å². The lowest BCUT2D eigenvalue weighted by atomic mass is 10.2. The van der Waals surface area contributed by atoms with E-state index >= 15 is 0 Å². The van der Waals surface area contributed by atoms with E-state index in [1.165, 1.54) is 18.9 Å². The minimum atomic E-state index is -0.325. The average Bonchev–Trinajstić information content (AvgIpc) is 2.49. The topological polar surface area (TPSA) is 26.3 Å². The van der Waals surface area contributed by atoms with Gasteiger partial charge in [-0.2, -0.15) is 0 Å². The van der Waals surface area contributed by atoms with Crippen LogP contribution in [0.25, 0.3) is 0 Å². The Morgan fingerprint density at radius 3 is 2.60 bits per heavy atom. The number of hydrogen-bond donors (Lipinski definition) is 0. The maximum atomic E-state index is 11.4. The molecule has 0 aromatic heterocycles. The zero-order valence-electron chi connectivity index (χ0n) is 12.0. The first-order chi connectivity index (χ1) is 9.83. The molecule has 0 aliphatic rings. The van der Waals surface area contributed by atoms with E-state index in [1.807, 2.05) is 48.6 Å². The molecule has 0 aliphatic carbocycles. The van der Waals surface area contributed by atoms with Crippen LogP contribution < -0.4 is 0 Å². The summed E-state index contributed by atoms with van der Waals surface area (Å²) in [5.41, 5.74) is 0.989. The molecular formula is C18H22O2. The molecule has 0 fully saturated rings. The van der Waals surface area contributed by atoms with Crippen LogP contribution in [0.5, 0.6) is 0 Å². The summed E-state index contributed by atoms with van der Waals surface area (Å²) < 4.78 is 5.11. The van der Waals surface area contributed by atoms with E-state index in [0.29, 0.717) is 6.61 Å². The molecule has 1 aromatic rings. The fraction of sp³-hybridized carbons (Fsp3) is 0.278. The quantitative estimate of drug-likeness (QED) is 0.299. The number of allylic oxidation sites excluding steroid dienone is 5. The van der Waals surface area contributed by atoms with Crippen LogP contribution in [0, 0.1) is 0 Å². The van der Waals surface area contributed by atoms with E-state index in [-0.39, 0.29) is 5.97 Å². The van der Waals surface area contributed by atoms with E-state index in [1.54, 1.807) is 6.08 Å². The SMILES string of the molecule is CCCC/C=C/C=C/C=C/C(=O)OCc1ccccc1. The number of ether oxygens (including phenoxy) is 1. The Morgan fingerprint density at radius 1 is 1.10 bits per heavy atom. The maximum Gasteiger partial charge on any atom is 0.331 e. The molecule has 2 heteroatoms. The predicted octanol–water partition coefficient (Wildman–Crippen LogP) is 4.59. The van der Waals surface area contributed by atoms with Crippen molar-refractivity contribution in [2.75, 3.05) is 0 Å². The molecule has 0 aliphatic heterocycles. The van der Waals surface area contributed by atoms with Crippen molar-refractivity contribution < 1.29 is 9.53 Å². The number of benzene rings is 1. The first-order valence-corrected chi connectivity index (χ1v) is 7.03. The molecule has 1 rings (SSSR count). The molecule has 0 saturated carbocycles. The number of unbranched alkanes of at least 4 members (excludes halogenated alkanes) is 2. The van der Waals surface area contributed by atoms with Crippen molar-refractivity contribution in [1.82, 2.24) is 0 Å². The zero-order valence-corrected chi connectivity index (χ0v) is 12.0. The average molecular weight is 270 g/mol. The summed E-state index contributed by atoms with van der Waals surface area (Å²) in [6.07, 6.45) is 14.5. The summed E-state index contributed by atoms with van der Waals surface area (Å²) in [7, 11) is 0. The smallest absolute Gasteiger partial charge is 0.331 e. The molecule has 20 heavy (non-hydrogen) atoms. The van der Waals surface area contributed by atoms with Crippen molar-refractivity contribution in [3.05, 3.63) is 72.4 Å². The lowest BCUT2D eigenvalue weighted by Gasteiger charge is -2.00. The second kappa shape index (κ2) is 10.8. The maximum absolute atomic E-state index is 11.4. The summed E-state index contributed by atoms with van der Waals surface area (Å²) in [6, 6.07) is 9.64. The largest absolute Gasteiger partial charge is 0.458 e. The summed E-state index contributed by atoms with van der Waals surface area (Å²) in [4.78, 5) is 11.4. The molecular weight excluding hydrogens is 248 g/mol. The van der Waals surface area contributed by atoms with Gasteiger partial charge in [-0.15, -0.1) is 0 Å². The van der Waals surface area contributed by atoms with Crippen molar-refractivity contribution in [3.63, 3.8) is 0 Å². The summed E-state index contributed by atoms with van der Waals surface area (Å²) >= 11 is 0. The third kappa shape index (κ3) is 8.09. The number of rotatable bonds is 8. The van der Waals surface area contributed by atoms with Crippen LogP contribution in [-0.4, -0.2) is 5.97 Å². The van der Waals surface area contributed by atoms with Crippen LogP contribution in [0.2, 0.25) is 0 Å². The molecule has 0 heterocycles. The number of carbonyl (C=O) groups excluding carboxylic acids is 1. The van der Waals surface area contributed by atoms with Crippen LogP contribution in [-0.2, 0) is 16.1 Å². The highest BCUT2D eigenvalue weighted by molar-refractivity contribution is 5.82. The lowest BCUT2D eigenvalue weighted by molar-refractivity contribution is -0.139. The third-order valence-electron chi connectivity index (χ3n) is 2.65. The normalized spacial score (nSPS) is 11.7. The van der Waals surface area contributed by atoms with Crippen LogP contribution in [0.4, 0.5) is 0 Å². The minimum Gasteiger partial charge on any atom is -0.458 e. The Bertz CT molecular complexity index is 456. The highest BCUT2D eigenvalue weighted by atomic mass is 16.5. The van der Waals surface area contributed by atoms with E-state index in [2.05, 4.69) is 13.0 Å². The van der Waals surface area contributed by atoms with Gasteiger partial charge in [-0.1, -0.05) is 80.5 Å². The summed E-state index contributed by atoms with van der Waals surface area (Å²) in [5, 5.41) is 0. The molecule has 0 radical (unpaired) electrons. The van der Waals surface area contributed by atoms with Crippen molar-refractivity contribution >= 4 is 5.97 Å². The van der Waals surface area contributed by atoms with Crippen molar-refractivity contribution in [1.29, 1.82) is 0 Å². The lowest BCUT2D eigenvalue weighted by Crippen LogP contribution is -2.00. The first-order valence-electron chi connectivity index (χ1n) is 7.03. The Hall–Kier alpha value is -2.09. The standard InChI is InChI=1S/C18H22O2/c1-2-3-4-5-6-7-8-12-15-18(19)20-16-17-13-10-9-11-14-17/h5-15H,2-4,16H2,1H3/b6-5+,8-7+,15-12+. The highest BCUT2D eigenvalue weighted by Crippen LogP contribution is 2.01. The number of hydrogen-bond acceptors (Lipinski definition) is 2. The van der Waals surface area contributed by atoms with E-state index in [4.69, 9.17) is 4.74 Å². The second-order valence-corrected chi connectivity index (χ2v) is 4.41. The molecule has 0 amide bonds. The number of carbonyl (C=O) groups is 1. The predicted molar refractivity (Wildman–Crippen MR) is 83.2 cm³/mol. The Kier molecular flexibility index (Phi) is 8.62. The fourth-order valence-corrected chi connectivity index (χ4v) is 1.54. The van der Waals surface area contributed by atoms with Crippen LogP contribution in [0.3, 0.4) is 0 Å². The van der Waals surface area contributed by atoms with Gasteiger partial charge in [-0.25, -0.2) is 4.79 Å². The van der Waals surface area contributed by atoms with Gasteiger partial charge < -0.3 is 4.74 Å². The summed E-state index contributed by atoms with van der Waals surface area (Å²) in [6.45, 7) is 2.48. The van der Waals surface area contributed by atoms with E-state index < -0.39 is 0 Å². The van der Waals surface area contributed by atoms with Gasteiger partial charge in [-0.3, -0.25) is 0 Å². The van der Waals surface area contributed by atoms with Crippen LogP contribution in [0.1, 0.15) is 31.7 Å². The van der Waals surface area contributed by atoms with Gasteiger partial charge >= 0.3 is 5.97 Å². The second-order valence-electron chi connectivity index (χ2n) is 4.41. The Balaban J connectivity index is 2.20. The molecule has 2 nitrogen and oxygen atoms in total. The van der Waals surface area contributed by atoms with E-state index in [0.717, 1.165) is 12.0 Å². The van der Waals surface area contributed by atoms with Crippen molar-refractivity contribution in [3.8, 4) is 0 Å². The van der Waals surface area contributed by atoms with Gasteiger partial charge in [-0.05, 0) is 12.0 Å². The van der Waals surface area contributed by atoms with Gasteiger partial charge in [0.15, 0.2) is 0 Å². The fourth-order valence-electron chi connectivity index (χ4n) is 1.54. The van der Waals surface area contributed by atoms with Gasteiger partial charge in [0, 0.05) is 6.08 Å². The van der Waals surface area contributed by atoms with Gasteiger partial charge in [0.1, 0.15) is 6.61 Å². The van der Waals surface area contributed by atoms with E-state index in [9.17, 15) is 4.79 Å².